The maximum absolute atomic E-state index is 12.4. The van der Waals surface area contributed by atoms with Crippen molar-refractivity contribution in [1.29, 1.82) is 0 Å². The highest BCUT2D eigenvalue weighted by molar-refractivity contribution is 5.97. The first-order valence-electron chi connectivity index (χ1n) is 10.2. The SMILES string of the molecule is CCCCCCC(C=CCC1=C(OC(C)=O)C(OC(C)=O)CCC1=O)OC(C)=O. The van der Waals surface area contributed by atoms with E-state index in [1.54, 1.807) is 12.2 Å². The minimum atomic E-state index is -0.754. The molecule has 0 heterocycles. The molecule has 0 saturated heterocycles. The summed E-state index contributed by atoms with van der Waals surface area (Å²) in [6.45, 7) is 5.99. The molecule has 0 bridgehead atoms. The second-order valence-corrected chi connectivity index (χ2v) is 7.13. The fraction of sp³-hybridized carbons (Fsp3) is 0.636. The number of ketones is 1. The number of unbranched alkanes of at least 4 members (excludes halogenated alkanes) is 3. The maximum Gasteiger partial charge on any atom is 0.307 e. The molecule has 0 N–H and O–H groups in total. The molecule has 7 heteroatoms. The van der Waals surface area contributed by atoms with Gasteiger partial charge in [-0.1, -0.05) is 32.3 Å². The lowest BCUT2D eigenvalue weighted by Crippen LogP contribution is -2.30. The molecular formula is C22H32O7. The molecule has 0 aromatic heterocycles. The van der Waals surface area contributed by atoms with Crippen LogP contribution in [-0.2, 0) is 33.4 Å². The third kappa shape index (κ3) is 9.54. The molecule has 1 aliphatic carbocycles. The van der Waals surface area contributed by atoms with E-state index in [9.17, 15) is 19.2 Å². The lowest BCUT2D eigenvalue weighted by atomic mass is 9.91. The van der Waals surface area contributed by atoms with E-state index < -0.39 is 18.0 Å². The summed E-state index contributed by atoms with van der Waals surface area (Å²) in [5.41, 5.74) is 0.307. The predicted octanol–water partition coefficient (Wildman–Crippen LogP) is 3.95. The Hall–Kier alpha value is -2.44. The van der Waals surface area contributed by atoms with Gasteiger partial charge in [0.1, 0.15) is 6.10 Å². The zero-order chi connectivity index (χ0) is 21.8. The highest BCUT2D eigenvalue weighted by Crippen LogP contribution is 2.29. The molecule has 0 amide bonds. The van der Waals surface area contributed by atoms with E-state index in [0.717, 1.165) is 25.7 Å². The Bertz CT molecular complexity index is 660. The number of rotatable bonds is 11. The van der Waals surface area contributed by atoms with Gasteiger partial charge in [-0.2, -0.15) is 0 Å². The zero-order valence-electron chi connectivity index (χ0n) is 17.8. The van der Waals surface area contributed by atoms with Gasteiger partial charge >= 0.3 is 17.9 Å². The number of hydrogen-bond donors (Lipinski definition) is 0. The first-order chi connectivity index (χ1) is 13.7. The Morgan fingerprint density at radius 3 is 2.38 bits per heavy atom. The Morgan fingerprint density at radius 2 is 1.79 bits per heavy atom. The maximum atomic E-state index is 12.4. The molecule has 1 rings (SSSR count). The summed E-state index contributed by atoms with van der Waals surface area (Å²) < 4.78 is 15.8. The summed E-state index contributed by atoms with van der Waals surface area (Å²) in [5, 5.41) is 0. The minimum Gasteiger partial charge on any atom is -0.458 e. The van der Waals surface area contributed by atoms with Crippen LogP contribution in [0.3, 0.4) is 0 Å². The lowest BCUT2D eigenvalue weighted by molar-refractivity contribution is -0.152. The molecule has 0 saturated carbocycles. The predicted molar refractivity (Wildman–Crippen MR) is 107 cm³/mol. The third-order valence-corrected chi connectivity index (χ3v) is 4.45. The first-order valence-corrected chi connectivity index (χ1v) is 10.2. The van der Waals surface area contributed by atoms with E-state index in [-0.39, 0.29) is 42.9 Å². The van der Waals surface area contributed by atoms with E-state index in [1.807, 2.05) is 0 Å². The first kappa shape index (κ1) is 24.6. The molecule has 0 spiro atoms. The molecule has 0 aliphatic heterocycles. The Labute approximate surface area is 172 Å². The zero-order valence-corrected chi connectivity index (χ0v) is 17.8. The van der Waals surface area contributed by atoms with Crippen molar-refractivity contribution in [3.05, 3.63) is 23.5 Å². The molecule has 29 heavy (non-hydrogen) atoms. The van der Waals surface area contributed by atoms with Gasteiger partial charge < -0.3 is 14.2 Å². The van der Waals surface area contributed by atoms with Crippen LogP contribution in [-0.4, -0.2) is 35.9 Å². The molecule has 0 aromatic rings. The van der Waals surface area contributed by atoms with Crippen molar-refractivity contribution in [3.8, 4) is 0 Å². The van der Waals surface area contributed by atoms with Crippen molar-refractivity contribution < 1.29 is 33.4 Å². The van der Waals surface area contributed by atoms with Crippen molar-refractivity contribution in [2.24, 2.45) is 0 Å². The van der Waals surface area contributed by atoms with Gasteiger partial charge in [-0.25, -0.2) is 0 Å². The van der Waals surface area contributed by atoms with Crippen LogP contribution in [0.15, 0.2) is 23.5 Å². The summed E-state index contributed by atoms with van der Waals surface area (Å²) in [7, 11) is 0. The Balaban J connectivity index is 2.94. The average Bonchev–Trinajstić information content (AvgIpc) is 2.62. The molecule has 0 aromatic carbocycles. The largest absolute Gasteiger partial charge is 0.458 e. The van der Waals surface area contributed by atoms with Gasteiger partial charge in [-0.15, -0.1) is 0 Å². The Morgan fingerprint density at radius 1 is 1.07 bits per heavy atom. The monoisotopic (exact) mass is 408 g/mol. The van der Waals surface area contributed by atoms with Gasteiger partial charge in [0.05, 0.1) is 0 Å². The van der Waals surface area contributed by atoms with Crippen LogP contribution in [0.25, 0.3) is 0 Å². The lowest BCUT2D eigenvalue weighted by Gasteiger charge is -2.26. The fourth-order valence-electron chi connectivity index (χ4n) is 3.20. The fourth-order valence-corrected chi connectivity index (χ4v) is 3.20. The number of allylic oxidation sites excluding steroid dienone is 2. The van der Waals surface area contributed by atoms with E-state index in [2.05, 4.69) is 6.92 Å². The van der Waals surface area contributed by atoms with E-state index in [0.29, 0.717) is 12.0 Å². The number of ether oxygens (including phenoxy) is 3. The van der Waals surface area contributed by atoms with Crippen molar-refractivity contribution >= 4 is 23.7 Å². The number of esters is 3. The third-order valence-electron chi connectivity index (χ3n) is 4.45. The van der Waals surface area contributed by atoms with Gasteiger partial charge in [0.2, 0.25) is 0 Å². The normalized spacial score (nSPS) is 17.9. The van der Waals surface area contributed by atoms with Crippen molar-refractivity contribution in [2.45, 2.75) is 91.3 Å². The van der Waals surface area contributed by atoms with Crippen LogP contribution in [0.1, 0.15) is 79.1 Å². The average molecular weight is 408 g/mol. The van der Waals surface area contributed by atoms with Crippen LogP contribution in [0.2, 0.25) is 0 Å². The quantitative estimate of drug-likeness (QED) is 0.221. The van der Waals surface area contributed by atoms with Crippen LogP contribution in [0.5, 0.6) is 0 Å². The van der Waals surface area contributed by atoms with Gasteiger partial charge in [-0.05, 0) is 31.8 Å². The second kappa shape index (κ2) is 12.9. The standard InChI is InChI=1S/C22H32O7/c1-5-6-7-8-10-18(27-15(2)23)11-9-12-19-20(26)13-14-21(28-16(3)24)22(19)29-17(4)25/h9,11,18,21H,5-8,10,12-14H2,1-4H3. The van der Waals surface area contributed by atoms with Gasteiger partial charge in [0.15, 0.2) is 17.6 Å². The molecule has 0 fully saturated rings. The number of Topliss-reactive ketones (excluding diaryl/α,β-unsaturated/α-hetero) is 1. The number of carbonyl (C=O) groups is 4. The van der Waals surface area contributed by atoms with E-state index in [1.165, 1.54) is 20.8 Å². The Kier molecular flexibility index (Phi) is 10.9. The highest BCUT2D eigenvalue weighted by atomic mass is 16.6. The van der Waals surface area contributed by atoms with Crippen LogP contribution < -0.4 is 0 Å². The summed E-state index contributed by atoms with van der Waals surface area (Å²) in [5.74, 6) is -1.51. The van der Waals surface area contributed by atoms with Gasteiger partial charge in [-0.3, -0.25) is 19.2 Å². The van der Waals surface area contributed by atoms with Crippen LogP contribution >= 0.6 is 0 Å². The molecule has 0 radical (unpaired) electrons. The molecular weight excluding hydrogens is 376 g/mol. The number of hydrogen-bond acceptors (Lipinski definition) is 7. The summed E-state index contributed by atoms with van der Waals surface area (Å²) in [6, 6.07) is 0. The highest BCUT2D eigenvalue weighted by Gasteiger charge is 2.32. The van der Waals surface area contributed by atoms with Crippen molar-refractivity contribution in [2.75, 3.05) is 0 Å². The van der Waals surface area contributed by atoms with Crippen molar-refractivity contribution in [1.82, 2.24) is 0 Å². The smallest absolute Gasteiger partial charge is 0.307 e. The van der Waals surface area contributed by atoms with E-state index >= 15 is 0 Å². The van der Waals surface area contributed by atoms with Gasteiger partial charge in [0.25, 0.3) is 0 Å². The topological polar surface area (TPSA) is 96.0 Å². The van der Waals surface area contributed by atoms with Crippen LogP contribution in [0.4, 0.5) is 0 Å². The summed E-state index contributed by atoms with van der Waals surface area (Å²) in [6.07, 6.45) is 8.00. The summed E-state index contributed by atoms with van der Waals surface area (Å²) in [4.78, 5) is 46.6. The molecule has 2 atom stereocenters. The number of carbonyl (C=O) groups excluding carboxylic acids is 4. The minimum absolute atomic E-state index is 0.0978. The van der Waals surface area contributed by atoms with Crippen LogP contribution in [0, 0.1) is 0 Å². The van der Waals surface area contributed by atoms with Gasteiger partial charge in [0, 0.05) is 32.8 Å². The van der Waals surface area contributed by atoms with E-state index in [4.69, 9.17) is 14.2 Å². The second-order valence-electron chi connectivity index (χ2n) is 7.13. The molecule has 162 valence electrons. The molecule has 1 aliphatic rings. The summed E-state index contributed by atoms with van der Waals surface area (Å²) >= 11 is 0. The molecule has 7 nitrogen and oxygen atoms in total. The molecule has 2 unspecified atom stereocenters. The van der Waals surface area contributed by atoms with Crippen molar-refractivity contribution in [3.63, 3.8) is 0 Å².